The van der Waals surface area contributed by atoms with Gasteiger partial charge in [-0.05, 0) is 24.3 Å². The van der Waals surface area contributed by atoms with E-state index < -0.39 is 0 Å². The van der Waals surface area contributed by atoms with Crippen LogP contribution in [0.1, 0.15) is 0 Å². The minimum absolute atomic E-state index is 0.209. The lowest BCUT2D eigenvalue weighted by atomic mass is 10.2. The summed E-state index contributed by atoms with van der Waals surface area (Å²) in [7, 11) is 0. The fourth-order valence-corrected chi connectivity index (χ4v) is 2.99. The van der Waals surface area contributed by atoms with Crippen LogP contribution in [0.2, 0.25) is 10.0 Å². The predicted molar refractivity (Wildman–Crippen MR) is 92.5 cm³/mol. The van der Waals surface area contributed by atoms with E-state index in [1.54, 1.807) is 12.1 Å². The van der Waals surface area contributed by atoms with Gasteiger partial charge in [-0.15, -0.1) is 15.3 Å². The van der Waals surface area contributed by atoms with Crippen molar-refractivity contribution < 1.29 is 0 Å². The number of aromatic amines is 1. The van der Waals surface area contributed by atoms with Crippen molar-refractivity contribution in [2.24, 2.45) is 0 Å². The van der Waals surface area contributed by atoms with Crippen molar-refractivity contribution in [2.45, 2.75) is 0 Å². The van der Waals surface area contributed by atoms with E-state index in [9.17, 15) is 0 Å². The second kappa shape index (κ2) is 5.66. The van der Waals surface area contributed by atoms with Crippen molar-refractivity contribution in [3.05, 3.63) is 46.6 Å². The predicted octanol–water partition coefficient (Wildman–Crippen LogP) is 3.15. The second-order valence-electron chi connectivity index (χ2n) is 4.94. The largest absolute Gasteiger partial charge is 0.368 e. The minimum Gasteiger partial charge on any atom is -0.368 e. The maximum absolute atomic E-state index is 6.42. The Balaban J connectivity index is 1.77. The number of pyridine rings is 1. The van der Waals surface area contributed by atoms with Gasteiger partial charge < -0.3 is 11.1 Å². The zero-order valence-corrected chi connectivity index (χ0v) is 13.5. The lowest BCUT2D eigenvalue weighted by molar-refractivity contribution is 1.10. The highest BCUT2D eigenvalue weighted by Crippen LogP contribution is 2.37. The highest BCUT2D eigenvalue weighted by atomic mass is 35.5. The highest BCUT2D eigenvalue weighted by Gasteiger charge is 2.17. The van der Waals surface area contributed by atoms with Gasteiger partial charge in [-0.3, -0.25) is 4.40 Å². The number of aromatic nitrogens is 6. The number of rotatable bonds is 3. The molecule has 0 amide bonds. The molecule has 120 valence electrons. The topological polar surface area (TPSA) is 110 Å². The third-order valence-electron chi connectivity index (χ3n) is 3.34. The van der Waals surface area contributed by atoms with Crippen LogP contribution in [0.4, 0.5) is 17.6 Å². The molecule has 0 radical (unpaired) electrons. The van der Waals surface area contributed by atoms with E-state index in [0.717, 1.165) is 0 Å². The number of anilines is 3. The first kappa shape index (κ1) is 14.7. The first-order valence-corrected chi connectivity index (χ1v) is 7.61. The number of benzene rings is 1. The van der Waals surface area contributed by atoms with Crippen LogP contribution in [0.15, 0.2) is 36.5 Å². The Morgan fingerprint density at radius 2 is 1.92 bits per heavy atom. The monoisotopic (exact) mass is 360 g/mol. The molecule has 0 aliphatic carbocycles. The van der Waals surface area contributed by atoms with Crippen molar-refractivity contribution in [1.29, 1.82) is 0 Å². The molecule has 0 aliphatic heterocycles. The summed E-state index contributed by atoms with van der Waals surface area (Å²) in [6, 6.07) is 9.03. The first-order chi connectivity index (χ1) is 11.6. The van der Waals surface area contributed by atoms with Crippen LogP contribution >= 0.6 is 23.2 Å². The van der Waals surface area contributed by atoms with E-state index in [0.29, 0.717) is 38.7 Å². The van der Waals surface area contributed by atoms with Gasteiger partial charge in [-0.1, -0.05) is 29.3 Å². The summed E-state index contributed by atoms with van der Waals surface area (Å²) in [4.78, 5) is 3.97. The lowest BCUT2D eigenvalue weighted by Gasteiger charge is -2.09. The van der Waals surface area contributed by atoms with Gasteiger partial charge in [-0.25, -0.2) is 5.10 Å². The van der Waals surface area contributed by atoms with Gasteiger partial charge in [0.05, 0.1) is 15.6 Å². The second-order valence-corrected chi connectivity index (χ2v) is 5.75. The molecular weight excluding hydrogens is 351 g/mol. The Hall–Kier alpha value is -2.84. The van der Waals surface area contributed by atoms with E-state index >= 15 is 0 Å². The lowest BCUT2D eigenvalue weighted by Crippen LogP contribution is -1.96. The van der Waals surface area contributed by atoms with E-state index in [2.05, 4.69) is 30.7 Å². The normalized spacial score (nSPS) is 11.1. The summed E-state index contributed by atoms with van der Waals surface area (Å²) >= 11 is 12.8. The van der Waals surface area contributed by atoms with Crippen molar-refractivity contribution in [2.75, 3.05) is 11.1 Å². The van der Waals surface area contributed by atoms with Crippen LogP contribution in [0.5, 0.6) is 0 Å². The summed E-state index contributed by atoms with van der Waals surface area (Å²) in [5.74, 6) is 1.09. The molecule has 10 heteroatoms. The van der Waals surface area contributed by atoms with Gasteiger partial charge in [0.15, 0.2) is 11.5 Å². The number of nitrogens with zero attached hydrogens (tertiary/aromatic N) is 5. The van der Waals surface area contributed by atoms with Crippen LogP contribution in [-0.2, 0) is 0 Å². The van der Waals surface area contributed by atoms with Crippen molar-refractivity contribution in [3.8, 4) is 11.4 Å². The van der Waals surface area contributed by atoms with E-state index in [-0.39, 0.29) is 5.95 Å². The van der Waals surface area contributed by atoms with Crippen LogP contribution in [-0.4, -0.2) is 29.8 Å². The highest BCUT2D eigenvalue weighted by molar-refractivity contribution is 6.39. The molecule has 3 aromatic heterocycles. The molecule has 0 fully saturated rings. The maximum atomic E-state index is 6.42. The van der Waals surface area contributed by atoms with Crippen molar-refractivity contribution in [3.63, 3.8) is 0 Å². The molecule has 0 unspecified atom stereocenters. The number of nitrogens with two attached hydrogens (primary N) is 1. The zero-order valence-electron chi connectivity index (χ0n) is 12.0. The van der Waals surface area contributed by atoms with E-state index in [4.69, 9.17) is 28.9 Å². The minimum atomic E-state index is 0.209. The quantitative estimate of drug-likeness (QED) is 0.517. The molecule has 8 nitrogen and oxygen atoms in total. The standard InChI is InChI=1S/C14H10Cl2N8/c15-8-5-7(18-14-19-13(17)22-23-14)6-9(16)11(8)12-21-20-10-3-1-2-4-24(10)12/h1-6H,(H4,17,18,19,22,23). The Kier molecular flexibility index (Phi) is 3.47. The molecule has 0 aliphatic rings. The molecular formula is C14H10Cl2N8. The molecule has 0 bridgehead atoms. The van der Waals surface area contributed by atoms with E-state index in [1.807, 2.05) is 28.8 Å². The number of H-pyrrole nitrogens is 1. The number of halogens is 2. The summed E-state index contributed by atoms with van der Waals surface area (Å²) < 4.78 is 1.82. The Bertz CT molecular complexity index is 1020. The smallest absolute Gasteiger partial charge is 0.248 e. The number of nitrogens with one attached hydrogen (secondary N) is 2. The third-order valence-corrected chi connectivity index (χ3v) is 3.93. The molecule has 0 spiro atoms. The van der Waals surface area contributed by atoms with Crippen molar-refractivity contribution >= 4 is 46.4 Å². The van der Waals surface area contributed by atoms with E-state index in [1.165, 1.54) is 0 Å². The SMILES string of the molecule is Nc1nc(Nc2cc(Cl)c(-c3nnc4ccccn34)c(Cl)c2)n[nH]1. The van der Waals surface area contributed by atoms with Crippen LogP contribution in [0.3, 0.4) is 0 Å². The Labute approximate surface area is 145 Å². The van der Waals surface area contributed by atoms with Crippen LogP contribution in [0, 0.1) is 0 Å². The van der Waals surface area contributed by atoms with Gasteiger partial charge >= 0.3 is 0 Å². The molecule has 4 aromatic rings. The number of hydrogen-bond acceptors (Lipinski definition) is 6. The molecule has 0 saturated carbocycles. The summed E-state index contributed by atoms with van der Waals surface area (Å²) in [5, 5.41) is 18.5. The zero-order chi connectivity index (χ0) is 16.7. The summed E-state index contributed by atoms with van der Waals surface area (Å²) in [6.45, 7) is 0. The number of hydrogen-bond donors (Lipinski definition) is 3. The Morgan fingerprint density at radius 1 is 1.12 bits per heavy atom. The third kappa shape index (κ3) is 2.51. The van der Waals surface area contributed by atoms with Crippen LogP contribution in [0.25, 0.3) is 17.0 Å². The maximum Gasteiger partial charge on any atom is 0.248 e. The summed E-state index contributed by atoms with van der Waals surface area (Å²) in [6.07, 6.45) is 1.85. The molecule has 0 atom stereocenters. The Morgan fingerprint density at radius 3 is 2.62 bits per heavy atom. The first-order valence-electron chi connectivity index (χ1n) is 6.86. The van der Waals surface area contributed by atoms with Gasteiger partial charge in [-0.2, -0.15) is 4.98 Å². The van der Waals surface area contributed by atoms with Gasteiger partial charge in [0.2, 0.25) is 11.9 Å². The number of nitrogen functional groups attached to an aromatic ring is 1. The molecule has 1 aromatic carbocycles. The molecule has 24 heavy (non-hydrogen) atoms. The summed E-state index contributed by atoms with van der Waals surface area (Å²) in [5.41, 5.74) is 7.42. The van der Waals surface area contributed by atoms with Gasteiger partial charge in [0.25, 0.3) is 0 Å². The number of fused-ring (bicyclic) bond motifs is 1. The fourth-order valence-electron chi connectivity index (χ4n) is 2.33. The van der Waals surface area contributed by atoms with Crippen molar-refractivity contribution in [1.82, 2.24) is 29.8 Å². The van der Waals surface area contributed by atoms with Gasteiger partial charge in [0.1, 0.15) is 0 Å². The molecule has 0 saturated heterocycles. The average molecular weight is 361 g/mol. The molecule has 4 N–H and O–H groups in total. The molecule has 4 rings (SSSR count). The average Bonchev–Trinajstić information content (AvgIpc) is 3.14. The fraction of sp³-hybridized carbons (Fsp3) is 0. The van der Waals surface area contributed by atoms with Crippen LogP contribution < -0.4 is 11.1 Å². The molecule has 3 heterocycles. The van der Waals surface area contributed by atoms with Gasteiger partial charge in [0, 0.05) is 11.9 Å².